The lowest BCUT2D eigenvalue weighted by atomic mass is 10.2. The molecule has 0 spiro atoms. The summed E-state index contributed by atoms with van der Waals surface area (Å²) in [6, 6.07) is 16.1. The van der Waals surface area contributed by atoms with Gasteiger partial charge in [-0.2, -0.15) is 13.2 Å². The van der Waals surface area contributed by atoms with Crippen molar-refractivity contribution in [1.82, 2.24) is 4.98 Å². The maximum absolute atomic E-state index is 12.4. The van der Waals surface area contributed by atoms with Crippen molar-refractivity contribution < 1.29 is 31.1 Å². The lowest BCUT2D eigenvalue weighted by molar-refractivity contribution is -0.154. The minimum Gasteiger partial charge on any atom is -0.468 e. The molecule has 0 aliphatic heterocycles. The number of hydrogen-bond donors (Lipinski definition) is 2. The van der Waals surface area contributed by atoms with E-state index in [1.165, 1.54) is 48.5 Å². The van der Waals surface area contributed by atoms with Crippen LogP contribution in [0.25, 0.3) is 0 Å². The normalized spacial score (nSPS) is 11.6. The van der Waals surface area contributed by atoms with Gasteiger partial charge in [0.2, 0.25) is 5.88 Å². The predicted molar refractivity (Wildman–Crippen MR) is 107 cm³/mol. The van der Waals surface area contributed by atoms with E-state index in [4.69, 9.17) is 0 Å². The average molecular weight is 451 g/mol. The van der Waals surface area contributed by atoms with Crippen molar-refractivity contribution in [2.75, 3.05) is 16.6 Å². The summed E-state index contributed by atoms with van der Waals surface area (Å²) in [6.07, 6.45) is -3.34. The Bertz CT molecular complexity index is 1150. The summed E-state index contributed by atoms with van der Waals surface area (Å²) in [4.78, 5) is 16.2. The maximum Gasteiger partial charge on any atom is 0.422 e. The largest absolute Gasteiger partial charge is 0.468 e. The van der Waals surface area contributed by atoms with Gasteiger partial charge < -0.3 is 10.1 Å². The number of pyridine rings is 1. The fourth-order valence-electron chi connectivity index (χ4n) is 2.44. The van der Waals surface area contributed by atoms with Crippen molar-refractivity contribution in [3.8, 4) is 5.88 Å². The van der Waals surface area contributed by atoms with E-state index in [9.17, 15) is 26.4 Å². The maximum atomic E-state index is 12.4. The molecule has 1 heterocycles. The fraction of sp³-hybridized carbons (Fsp3) is 0.100. The summed E-state index contributed by atoms with van der Waals surface area (Å²) in [7, 11) is -3.82. The van der Waals surface area contributed by atoms with Gasteiger partial charge in [0.05, 0.1) is 16.8 Å². The Balaban J connectivity index is 1.66. The third-order valence-electron chi connectivity index (χ3n) is 3.81. The van der Waals surface area contributed by atoms with Gasteiger partial charge in [-0.1, -0.05) is 24.3 Å². The third-order valence-corrected chi connectivity index (χ3v) is 5.21. The quantitative estimate of drug-likeness (QED) is 0.564. The Labute approximate surface area is 175 Å². The number of benzene rings is 2. The molecule has 0 aliphatic rings. The van der Waals surface area contributed by atoms with E-state index < -0.39 is 28.7 Å². The molecule has 0 fully saturated rings. The molecule has 3 aromatic rings. The Hall–Kier alpha value is -3.60. The summed E-state index contributed by atoms with van der Waals surface area (Å²) >= 11 is 0. The van der Waals surface area contributed by atoms with Crippen molar-refractivity contribution in [2.24, 2.45) is 0 Å². The molecule has 2 N–H and O–H groups in total. The van der Waals surface area contributed by atoms with E-state index in [0.717, 1.165) is 6.20 Å². The number of carbonyl (C=O) groups excluding carboxylic acids is 1. The Morgan fingerprint density at radius 1 is 0.968 bits per heavy atom. The summed E-state index contributed by atoms with van der Waals surface area (Å²) in [5, 5.41) is 2.52. The monoisotopic (exact) mass is 451 g/mol. The highest BCUT2D eigenvalue weighted by Gasteiger charge is 2.28. The number of anilines is 2. The van der Waals surface area contributed by atoms with Crippen LogP contribution in [0.4, 0.5) is 24.5 Å². The number of amides is 1. The van der Waals surface area contributed by atoms with Crippen LogP contribution in [-0.4, -0.2) is 32.1 Å². The first-order chi connectivity index (χ1) is 14.6. The molecule has 7 nitrogen and oxygen atoms in total. The van der Waals surface area contributed by atoms with Crippen LogP contribution >= 0.6 is 0 Å². The molecule has 1 aromatic heterocycles. The number of carbonyl (C=O) groups is 1. The zero-order valence-electron chi connectivity index (χ0n) is 15.8. The van der Waals surface area contributed by atoms with E-state index in [-0.39, 0.29) is 27.7 Å². The SMILES string of the molecule is O=C(Nc1ccc(OCC(F)(F)F)nc1)c1cccc(NS(=O)(=O)c2ccccc2)c1. The molecule has 0 aliphatic carbocycles. The molecular formula is C20H16F3N3O4S. The molecule has 11 heteroatoms. The molecule has 0 radical (unpaired) electrons. The molecule has 0 atom stereocenters. The van der Waals surface area contributed by atoms with Crippen LogP contribution in [0.1, 0.15) is 10.4 Å². The van der Waals surface area contributed by atoms with E-state index in [2.05, 4.69) is 19.8 Å². The Kier molecular flexibility index (Phi) is 6.44. The second kappa shape index (κ2) is 9.04. The van der Waals surface area contributed by atoms with Gasteiger partial charge in [-0.05, 0) is 36.4 Å². The molecule has 0 bridgehead atoms. The molecule has 31 heavy (non-hydrogen) atoms. The molecule has 3 rings (SSSR count). The van der Waals surface area contributed by atoms with E-state index in [1.807, 2.05) is 0 Å². The zero-order valence-corrected chi connectivity index (χ0v) is 16.6. The molecule has 0 saturated carbocycles. The number of aromatic nitrogens is 1. The van der Waals surface area contributed by atoms with Gasteiger partial charge in [0.15, 0.2) is 6.61 Å². The average Bonchev–Trinajstić information content (AvgIpc) is 2.73. The number of hydrogen-bond acceptors (Lipinski definition) is 5. The first-order valence-electron chi connectivity index (χ1n) is 8.77. The summed E-state index contributed by atoms with van der Waals surface area (Å²) < 4.78 is 68.2. The summed E-state index contributed by atoms with van der Waals surface area (Å²) in [5.41, 5.74) is 0.566. The summed E-state index contributed by atoms with van der Waals surface area (Å²) in [5.74, 6) is -0.806. The van der Waals surface area contributed by atoms with Crippen LogP contribution in [0.3, 0.4) is 0 Å². The number of alkyl halides is 3. The standard InChI is InChI=1S/C20H16F3N3O4S/c21-20(22,23)13-30-18-10-9-16(12-24-18)25-19(27)14-5-4-6-15(11-14)26-31(28,29)17-7-2-1-3-8-17/h1-12,26H,13H2,(H,25,27). The Morgan fingerprint density at radius 3 is 2.35 bits per heavy atom. The molecule has 1 amide bonds. The highest BCUT2D eigenvalue weighted by Crippen LogP contribution is 2.20. The first-order valence-corrected chi connectivity index (χ1v) is 10.3. The first kappa shape index (κ1) is 22.1. The smallest absolute Gasteiger partial charge is 0.422 e. The lowest BCUT2D eigenvalue weighted by Gasteiger charge is -2.11. The van der Waals surface area contributed by atoms with Crippen molar-refractivity contribution >= 4 is 27.3 Å². The molecular weight excluding hydrogens is 435 g/mol. The zero-order chi connectivity index (χ0) is 22.5. The number of ether oxygens (including phenoxy) is 1. The van der Waals surface area contributed by atoms with Gasteiger partial charge in [-0.3, -0.25) is 9.52 Å². The van der Waals surface area contributed by atoms with Crippen LogP contribution in [-0.2, 0) is 10.0 Å². The van der Waals surface area contributed by atoms with Crippen molar-refractivity contribution in [2.45, 2.75) is 11.1 Å². The van der Waals surface area contributed by atoms with Gasteiger partial charge >= 0.3 is 6.18 Å². The second-order valence-corrected chi connectivity index (χ2v) is 7.92. The van der Waals surface area contributed by atoms with Crippen LogP contribution in [0.5, 0.6) is 5.88 Å². The van der Waals surface area contributed by atoms with Crippen LogP contribution in [0.15, 0.2) is 77.8 Å². The van der Waals surface area contributed by atoms with E-state index >= 15 is 0 Å². The van der Waals surface area contributed by atoms with E-state index in [0.29, 0.717) is 0 Å². The number of nitrogens with one attached hydrogen (secondary N) is 2. The van der Waals surface area contributed by atoms with Gasteiger partial charge in [-0.25, -0.2) is 13.4 Å². The lowest BCUT2D eigenvalue weighted by Crippen LogP contribution is -2.19. The minimum absolute atomic E-state index is 0.0729. The highest BCUT2D eigenvalue weighted by atomic mass is 32.2. The number of nitrogens with zero attached hydrogens (tertiary/aromatic N) is 1. The van der Waals surface area contributed by atoms with Gasteiger partial charge in [0, 0.05) is 17.3 Å². The number of halogens is 3. The highest BCUT2D eigenvalue weighted by molar-refractivity contribution is 7.92. The summed E-state index contributed by atoms with van der Waals surface area (Å²) in [6.45, 7) is -1.47. The third kappa shape index (κ3) is 6.44. The van der Waals surface area contributed by atoms with Crippen molar-refractivity contribution in [1.29, 1.82) is 0 Å². The predicted octanol–water partition coefficient (Wildman–Crippen LogP) is 4.08. The van der Waals surface area contributed by atoms with Crippen LogP contribution in [0.2, 0.25) is 0 Å². The van der Waals surface area contributed by atoms with Gasteiger partial charge in [-0.15, -0.1) is 0 Å². The topological polar surface area (TPSA) is 97.4 Å². The fourth-order valence-corrected chi connectivity index (χ4v) is 3.51. The number of sulfonamides is 1. The van der Waals surface area contributed by atoms with Gasteiger partial charge in [0.1, 0.15) is 0 Å². The van der Waals surface area contributed by atoms with Crippen LogP contribution < -0.4 is 14.8 Å². The molecule has 0 saturated heterocycles. The molecule has 162 valence electrons. The van der Waals surface area contributed by atoms with Crippen LogP contribution in [0, 0.1) is 0 Å². The van der Waals surface area contributed by atoms with Crippen molar-refractivity contribution in [3.63, 3.8) is 0 Å². The molecule has 2 aromatic carbocycles. The van der Waals surface area contributed by atoms with Crippen molar-refractivity contribution in [3.05, 3.63) is 78.5 Å². The number of rotatable bonds is 7. The molecule has 0 unspecified atom stereocenters. The Morgan fingerprint density at radius 2 is 1.71 bits per heavy atom. The second-order valence-electron chi connectivity index (χ2n) is 6.24. The minimum atomic E-state index is -4.48. The van der Waals surface area contributed by atoms with E-state index in [1.54, 1.807) is 18.2 Å². The van der Waals surface area contributed by atoms with Gasteiger partial charge in [0.25, 0.3) is 15.9 Å².